The third-order valence-electron chi connectivity index (χ3n) is 3.32. The summed E-state index contributed by atoms with van der Waals surface area (Å²) in [6.07, 6.45) is 7.87. The summed E-state index contributed by atoms with van der Waals surface area (Å²) in [5.41, 5.74) is 2.02. The average Bonchev–Trinajstić information content (AvgIpc) is 2.59. The Morgan fingerprint density at radius 1 is 1.04 bits per heavy atom. The maximum atomic E-state index is 11.4. The van der Waals surface area contributed by atoms with Gasteiger partial charge in [0.05, 0.1) is 6.42 Å². The van der Waals surface area contributed by atoms with E-state index in [1.54, 1.807) is 12.1 Å². The number of hydrogen-bond donors (Lipinski definition) is 0. The van der Waals surface area contributed by atoms with E-state index in [1.807, 2.05) is 31.5 Å². The first-order chi connectivity index (χ1) is 11.2. The number of nitrogens with zero attached hydrogens (tertiary/aromatic N) is 2. The SMILES string of the molecule is CCCCC(=O)OOc1ccc(-c2ncc(CCC)cn2)cc1. The smallest absolute Gasteiger partial charge is 0.287 e. The molecule has 0 N–H and O–H groups in total. The molecule has 0 spiro atoms. The molecule has 0 aliphatic carbocycles. The van der Waals surface area contributed by atoms with E-state index in [0.717, 1.165) is 36.8 Å². The number of carbonyl (C=O) groups excluding carboxylic acids is 1. The quantitative estimate of drug-likeness (QED) is 0.541. The van der Waals surface area contributed by atoms with Crippen molar-refractivity contribution in [1.29, 1.82) is 0 Å². The fourth-order valence-corrected chi connectivity index (χ4v) is 2.04. The van der Waals surface area contributed by atoms with Crippen LogP contribution in [-0.2, 0) is 16.1 Å². The third-order valence-corrected chi connectivity index (χ3v) is 3.32. The summed E-state index contributed by atoms with van der Waals surface area (Å²) in [6, 6.07) is 7.13. The van der Waals surface area contributed by atoms with Crippen LogP contribution in [-0.4, -0.2) is 15.9 Å². The van der Waals surface area contributed by atoms with Crippen molar-refractivity contribution in [3.8, 4) is 17.1 Å². The first-order valence-corrected chi connectivity index (χ1v) is 8.01. The van der Waals surface area contributed by atoms with Gasteiger partial charge in [0.25, 0.3) is 0 Å². The van der Waals surface area contributed by atoms with Crippen LogP contribution in [0.25, 0.3) is 11.4 Å². The van der Waals surface area contributed by atoms with Crippen LogP contribution in [0.15, 0.2) is 36.7 Å². The number of carbonyl (C=O) groups is 1. The van der Waals surface area contributed by atoms with Gasteiger partial charge in [0, 0.05) is 18.0 Å². The average molecular weight is 314 g/mol. The molecule has 0 saturated carbocycles. The molecule has 0 fully saturated rings. The highest BCUT2D eigenvalue weighted by Gasteiger charge is 2.06. The van der Waals surface area contributed by atoms with E-state index in [1.165, 1.54) is 0 Å². The molecule has 1 heterocycles. The van der Waals surface area contributed by atoms with Crippen LogP contribution in [0.5, 0.6) is 5.75 Å². The lowest BCUT2D eigenvalue weighted by atomic mass is 10.2. The van der Waals surface area contributed by atoms with E-state index in [9.17, 15) is 4.79 Å². The number of rotatable bonds is 8. The third kappa shape index (κ3) is 5.36. The Kier molecular flexibility index (Phi) is 6.54. The van der Waals surface area contributed by atoms with Crippen LogP contribution in [0.3, 0.4) is 0 Å². The summed E-state index contributed by atoms with van der Waals surface area (Å²) < 4.78 is 0. The first kappa shape index (κ1) is 16.9. The lowest BCUT2D eigenvalue weighted by Gasteiger charge is -2.05. The van der Waals surface area contributed by atoms with E-state index in [0.29, 0.717) is 18.0 Å². The van der Waals surface area contributed by atoms with Crippen LogP contribution in [0, 0.1) is 0 Å². The second-order valence-electron chi connectivity index (χ2n) is 5.33. The lowest BCUT2D eigenvalue weighted by Crippen LogP contribution is -2.07. The van der Waals surface area contributed by atoms with E-state index in [-0.39, 0.29) is 5.97 Å². The highest BCUT2D eigenvalue weighted by atomic mass is 17.2. The number of aromatic nitrogens is 2. The standard InChI is InChI=1S/C18H22N2O3/c1-3-5-7-17(21)23-22-16-10-8-15(9-11-16)18-19-12-14(6-4-2)13-20-18/h8-13H,3-7H2,1-2H3. The van der Waals surface area contributed by atoms with Gasteiger partial charge in [0.2, 0.25) is 0 Å². The number of benzene rings is 1. The fourth-order valence-electron chi connectivity index (χ4n) is 2.04. The van der Waals surface area contributed by atoms with Gasteiger partial charge in [-0.1, -0.05) is 26.7 Å². The molecule has 1 aromatic carbocycles. The molecule has 23 heavy (non-hydrogen) atoms. The van der Waals surface area contributed by atoms with E-state index < -0.39 is 0 Å². The predicted octanol–water partition coefficient (Wildman–Crippen LogP) is 4.12. The molecule has 0 bridgehead atoms. The topological polar surface area (TPSA) is 61.3 Å². The maximum Gasteiger partial charge on any atom is 0.355 e. The molecule has 122 valence electrons. The molecule has 1 aromatic heterocycles. The van der Waals surface area contributed by atoms with E-state index >= 15 is 0 Å². The van der Waals surface area contributed by atoms with Gasteiger partial charge in [-0.15, -0.1) is 0 Å². The zero-order chi connectivity index (χ0) is 16.5. The highest BCUT2D eigenvalue weighted by molar-refractivity contribution is 5.68. The minimum absolute atomic E-state index is 0.356. The summed E-state index contributed by atoms with van der Waals surface area (Å²) >= 11 is 0. The molecule has 0 saturated heterocycles. The minimum atomic E-state index is -0.356. The van der Waals surface area contributed by atoms with Crippen molar-refractivity contribution >= 4 is 5.97 Å². The van der Waals surface area contributed by atoms with E-state index in [2.05, 4.69) is 16.9 Å². The zero-order valence-electron chi connectivity index (χ0n) is 13.6. The highest BCUT2D eigenvalue weighted by Crippen LogP contribution is 2.19. The second-order valence-corrected chi connectivity index (χ2v) is 5.33. The van der Waals surface area contributed by atoms with Gasteiger partial charge >= 0.3 is 5.97 Å². The Balaban J connectivity index is 1.92. The molecular weight excluding hydrogens is 292 g/mol. The summed E-state index contributed by atoms with van der Waals surface area (Å²) in [5, 5.41) is 0. The summed E-state index contributed by atoms with van der Waals surface area (Å²) in [5.74, 6) is 0.781. The number of aryl methyl sites for hydroxylation is 1. The van der Waals surface area contributed by atoms with Gasteiger partial charge < -0.3 is 0 Å². The number of hydrogen-bond acceptors (Lipinski definition) is 5. The maximum absolute atomic E-state index is 11.4. The molecular formula is C18H22N2O3. The van der Waals surface area contributed by atoms with Crippen molar-refractivity contribution in [2.75, 3.05) is 0 Å². The first-order valence-electron chi connectivity index (χ1n) is 8.01. The Morgan fingerprint density at radius 3 is 2.35 bits per heavy atom. The van der Waals surface area contributed by atoms with Crippen LogP contribution < -0.4 is 4.89 Å². The second kappa shape index (κ2) is 8.88. The van der Waals surface area contributed by atoms with Crippen LogP contribution in [0.4, 0.5) is 0 Å². The van der Waals surface area contributed by atoms with Crippen molar-refractivity contribution in [3.63, 3.8) is 0 Å². The van der Waals surface area contributed by atoms with Crippen LogP contribution >= 0.6 is 0 Å². The van der Waals surface area contributed by atoms with E-state index in [4.69, 9.17) is 9.78 Å². The molecule has 0 radical (unpaired) electrons. The summed E-state index contributed by atoms with van der Waals surface area (Å²) in [6.45, 7) is 4.14. The Bertz CT molecular complexity index is 609. The Hall–Kier alpha value is -2.43. The van der Waals surface area contributed by atoms with Crippen molar-refractivity contribution in [2.24, 2.45) is 0 Å². The predicted molar refractivity (Wildman–Crippen MR) is 87.7 cm³/mol. The van der Waals surface area contributed by atoms with Crippen molar-refractivity contribution in [2.45, 2.75) is 46.0 Å². The molecule has 0 atom stereocenters. The summed E-state index contributed by atoms with van der Waals surface area (Å²) in [4.78, 5) is 29.9. The molecule has 0 aliphatic heterocycles. The Labute approximate surface area is 136 Å². The molecule has 0 amide bonds. The fraction of sp³-hybridized carbons (Fsp3) is 0.389. The molecule has 5 heteroatoms. The zero-order valence-corrected chi connectivity index (χ0v) is 13.6. The van der Waals surface area contributed by atoms with Gasteiger partial charge in [-0.2, -0.15) is 0 Å². The monoisotopic (exact) mass is 314 g/mol. The van der Waals surface area contributed by atoms with Gasteiger partial charge in [-0.05, 0) is 42.7 Å². The van der Waals surface area contributed by atoms with Gasteiger partial charge in [-0.25, -0.2) is 14.8 Å². The largest absolute Gasteiger partial charge is 0.355 e. The van der Waals surface area contributed by atoms with Crippen LogP contribution in [0.2, 0.25) is 0 Å². The molecule has 2 rings (SSSR count). The van der Waals surface area contributed by atoms with Crippen LogP contribution in [0.1, 0.15) is 45.1 Å². The molecule has 2 aromatic rings. The van der Waals surface area contributed by atoms with Gasteiger partial charge in [0.15, 0.2) is 11.6 Å². The molecule has 0 unspecified atom stereocenters. The van der Waals surface area contributed by atoms with Crippen molar-refractivity contribution in [1.82, 2.24) is 9.97 Å². The van der Waals surface area contributed by atoms with Gasteiger partial charge in [-0.3, -0.25) is 9.78 Å². The Morgan fingerprint density at radius 2 is 1.74 bits per heavy atom. The van der Waals surface area contributed by atoms with Gasteiger partial charge in [0.1, 0.15) is 0 Å². The molecule has 0 aliphatic rings. The van der Waals surface area contributed by atoms with Crippen molar-refractivity contribution in [3.05, 3.63) is 42.2 Å². The normalized spacial score (nSPS) is 10.3. The van der Waals surface area contributed by atoms with Crippen molar-refractivity contribution < 1.29 is 14.6 Å². The summed E-state index contributed by atoms with van der Waals surface area (Å²) in [7, 11) is 0. The molecule has 5 nitrogen and oxygen atoms in total. The minimum Gasteiger partial charge on any atom is -0.287 e. The lowest BCUT2D eigenvalue weighted by molar-refractivity contribution is -0.213. The number of unbranched alkanes of at least 4 members (excludes halogenated alkanes) is 1.